The highest BCUT2D eigenvalue weighted by atomic mass is 32.2. The summed E-state index contributed by atoms with van der Waals surface area (Å²) in [5.74, 6) is 0. The van der Waals surface area contributed by atoms with Crippen molar-refractivity contribution in [2.45, 2.75) is 9.92 Å². The predicted molar refractivity (Wildman–Crippen MR) is 55.1 cm³/mol. The molecule has 0 spiro atoms. The molecule has 0 radical (unpaired) electrons. The standard InChI is InChI=1S/C10H6N4S/c11-6-8-5-9(1-2-13-8)15-10-7-12-3-4-14-10/h1-5,7H. The lowest BCUT2D eigenvalue weighted by atomic mass is 10.4. The summed E-state index contributed by atoms with van der Waals surface area (Å²) in [6.45, 7) is 0. The summed E-state index contributed by atoms with van der Waals surface area (Å²) in [6, 6.07) is 5.55. The molecule has 4 nitrogen and oxygen atoms in total. The number of hydrogen-bond donors (Lipinski definition) is 0. The van der Waals surface area contributed by atoms with E-state index in [1.807, 2.05) is 12.1 Å². The van der Waals surface area contributed by atoms with Gasteiger partial charge >= 0.3 is 0 Å². The molecule has 0 saturated carbocycles. The highest BCUT2D eigenvalue weighted by Gasteiger charge is 1.99. The normalized spacial score (nSPS) is 9.53. The minimum Gasteiger partial charge on any atom is -0.260 e. The summed E-state index contributed by atoms with van der Waals surface area (Å²) in [5.41, 5.74) is 0.406. The van der Waals surface area contributed by atoms with Crippen molar-refractivity contribution in [1.29, 1.82) is 5.26 Å². The number of nitriles is 1. The lowest BCUT2D eigenvalue weighted by Crippen LogP contribution is -1.84. The molecule has 0 atom stereocenters. The van der Waals surface area contributed by atoms with Gasteiger partial charge in [0.05, 0.1) is 6.20 Å². The van der Waals surface area contributed by atoms with Crippen molar-refractivity contribution in [3.63, 3.8) is 0 Å². The Morgan fingerprint density at radius 1 is 1.20 bits per heavy atom. The smallest absolute Gasteiger partial charge is 0.141 e. The third-order valence-corrected chi connectivity index (χ3v) is 2.52. The van der Waals surface area contributed by atoms with Gasteiger partial charge in [-0.25, -0.2) is 9.97 Å². The third kappa shape index (κ3) is 2.51. The van der Waals surface area contributed by atoms with Gasteiger partial charge in [0.15, 0.2) is 0 Å². The first-order chi connectivity index (χ1) is 7.38. The lowest BCUT2D eigenvalue weighted by molar-refractivity contribution is 1.05. The summed E-state index contributed by atoms with van der Waals surface area (Å²) in [6.07, 6.45) is 6.54. The van der Waals surface area contributed by atoms with Crippen LogP contribution < -0.4 is 0 Å². The molecule has 2 rings (SSSR count). The largest absolute Gasteiger partial charge is 0.260 e. The quantitative estimate of drug-likeness (QED) is 0.764. The Morgan fingerprint density at radius 3 is 2.87 bits per heavy atom. The maximum absolute atomic E-state index is 8.68. The number of hydrogen-bond acceptors (Lipinski definition) is 5. The zero-order valence-corrected chi connectivity index (χ0v) is 8.48. The minimum absolute atomic E-state index is 0.406. The van der Waals surface area contributed by atoms with E-state index in [1.165, 1.54) is 11.8 Å². The van der Waals surface area contributed by atoms with Crippen LogP contribution in [0.25, 0.3) is 0 Å². The van der Waals surface area contributed by atoms with Crippen molar-refractivity contribution < 1.29 is 0 Å². The van der Waals surface area contributed by atoms with Gasteiger partial charge in [-0.2, -0.15) is 5.26 Å². The fourth-order valence-electron chi connectivity index (χ4n) is 0.995. The molecule has 0 aliphatic heterocycles. The van der Waals surface area contributed by atoms with Crippen LogP contribution in [0.5, 0.6) is 0 Å². The summed E-state index contributed by atoms with van der Waals surface area (Å²) in [7, 11) is 0. The van der Waals surface area contributed by atoms with E-state index in [1.54, 1.807) is 30.9 Å². The second kappa shape index (κ2) is 4.53. The topological polar surface area (TPSA) is 62.5 Å². The molecule has 2 heterocycles. The lowest BCUT2D eigenvalue weighted by Gasteiger charge is -1.98. The molecule has 0 aromatic carbocycles. The van der Waals surface area contributed by atoms with Gasteiger partial charge in [-0.1, -0.05) is 11.8 Å². The Morgan fingerprint density at radius 2 is 2.13 bits per heavy atom. The van der Waals surface area contributed by atoms with Crippen LogP contribution in [0.1, 0.15) is 5.69 Å². The van der Waals surface area contributed by atoms with E-state index in [9.17, 15) is 0 Å². The van der Waals surface area contributed by atoms with Crippen LogP contribution in [0.3, 0.4) is 0 Å². The van der Waals surface area contributed by atoms with E-state index in [0.717, 1.165) is 9.92 Å². The molecule has 0 amide bonds. The van der Waals surface area contributed by atoms with Gasteiger partial charge < -0.3 is 0 Å². The number of pyridine rings is 1. The number of rotatable bonds is 2. The summed E-state index contributed by atoms with van der Waals surface area (Å²) >= 11 is 1.45. The maximum atomic E-state index is 8.68. The zero-order chi connectivity index (χ0) is 10.5. The van der Waals surface area contributed by atoms with Crippen LogP contribution in [0.2, 0.25) is 0 Å². The molecule has 2 aromatic heterocycles. The Balaban J connectivity index is 2.22. The van der Waals surface area contributed by atoms with Gasteiger partial charge in [-0.05, 0) is 12.1 Å². The van der Waals surface area contributed by atoms with Crippen molar-refractivity contribution in [3.8, 4) is 6.07 Å². The minimum atomic E-state index is 0.406. The average molecular weight is 214 g/mol. The molecular weight excluding hydrogens is 208 g/mol. The number of aromatic nitrogens is 3. The predicted octanol–water partition coefficient (Wildman–Crippen LogP) is 1.89. The Hall–Kier alpha value is -1.93. The average Bonchev–Trinajstić information content (AvgIpc) is 2.31. The zero-order valence-electron chi connectivity index (χ0n) is 7.66. The Labute approximate surface area is 91.0 Å². The van der Waals surface area contributed by atoms with Crippen LogP contribution >= 0.6 is 11.8 Å². The van der Waals surface area contributed by atoms with Crippen molar-refractivity contribution >= 4 is 11.8 Å². The van der Waals surface area contributed by atoms with Gasteiger partial charge in [-0.3, -0.25) is 4.98 Å². The third-order valence-electron chi connectivity index (χ3n) is 1.61. The van der Waals surface area contributed by atoms with Crippen molar-refractivity contribution in [1.82, 2.24) is 15.0 Å². The van der Waals surface area contributed by atoms with Gasteiger partial charge in [0.1, 0.15) is 16.8 Å². The molecule has 0 fully saturated rings. The first kappa shape index (κ1) is 9.62. The number of nitrogens with zero attached hydrogens (tertiary/aromatic N) is 4. The van der Waals surface area contributed by atoms with E-state index >= 15 is 0 Å². The van der Waals surface area contributed by atoms with E-state index < -0.39 is 0 Å². The van der Waals surface area contributed by atoms with Crippen LogP contribution in [0, 0.1) is 11.3 Å². The van der Waals surface area contributed by atoms with E-state index in [2.05, 4.69) is 15.0 Å². The fourth-order valence-corrected chi connectivity index (χ4v) is 1.76. The molecule has 72 valence electrons. The van der Waals surface area contributed by atoms with Gasteiger partial charge in [0, 0.05) is 23.5 Å². The molecule has 0 aliphatic rings. The highest BCUT2D eigenvalue weighted by Crippen LogP contribution is 2.24. The van der Waals surface area contributed by atoms with Crippen LogP contribution in [0.15, 0.2) is 46.8 Å². The fraction of sp³-hybridized carbons (Fsp3) is 0. The molecule has 0 aliphatic carbocycles. The Bertz CT molecular complexity index is 492. The summed E-state index contributed by atoms with van der Waals surface area (Å²) in [5, 5.41) is 9.48. The van der Waals surface area contributed by atoms with Gasteiger partial charge in [0.2, 0.25) is 0 Å². The van der Waals surface area contributed by atoms with Crippen LogP contribution in [-0.2, 0) is 0 Å². The monoisotopic (exact) mass is 214 g/mol. The maximum Gasteiger partial charge on any atom is 0.141 e. The molecule has 5 heteroatoms. The van der Waals surface area contributed by atoms with E-state index in [4.69, 9.17) is 5.26 Å². The van der Waals surface area contributed by atoms with Crippen molar-refractivity contribution in [2.75, 3.05) is 0 Å². The molecule has 0 unspecified atom stereocenters. The molecule has 0 saturated heterocycles. The molecule has 0 N–H and O–H groups in total. The van der Waals surface area contributed by atoms with E-state index in [-0.39, 0.29) is 0 Å². The molecule has 15 heavy (non-hydrogen) atoms. The summed E-state index contributed by atoms with van der Waals surface area (Å²) < 4.78 is 0. The highest BCUT2D eigenvalue weighted by molar-refractivity contribution is 7.99. The molecule has 0 bridgehead atoms. The van der Waals surface area contributed by atoms with Crippen LogP contribution in [0.4, 0.5) is 0 Å². The second-order valence-corrected chi connectivity index (χ2v) is 3.73. The Kier molecular flexibility index (Phi) is 2.90. The molecule has 2 aromatic rings. The second-order valence-electron chi connectivity index (χ2n) is 2.63. The van der Waals surface area contributed by atoms with Gasteiger partial charge in [-0.15, -0.1) is 0 Å². The van der Waals surface area contributed by atoms with Gasteiger partial charge in [0.25, 0.3) is 0 Å². The first-order valence-corrected chi connectivity index (χ1v) is 5.00. The first-order valence-electron chi connectivity index (χ1n) is 4.18. The van der Waals surface area contributed by atoms with Crippen molar-refractivity contribution in [3.05, 3.63) is 42.6 Å². The SMILES string of the molecule is N#Cc1cc(Sc2cnccn2)ccn1. The van der Waals surface area contributed by atoms with Crippen LogP contribution in [-0.4, -0.2) is 15.0 Å². The van der Waals surface area contributed by atoms with E-state index in [0.29, 0.717) is 5.69 Å². The molecular formula is C10H6N4S. The summed E-state index contributed by atoms with van der Waals surface area (Å²) in [4.78, 5) is 12.9. The van der Waals surface area contributed by atoms with Crippen molar-refractivity contribution in [2.24, 2.45) is 0 Å².